The molecule has 0 saturated carbocycles. The van der Waals surface area contributed by atoms with Crippen molar-refractivity contribution in [1.82, 2.24) is 10.2 Å². The number of piperazine rings is 1. The van der Waals surface area contributed by atoms with Crippen molar-refractivity contribution < 1.29 is 18.8 Å². The second-order valence-corrected chi connectivity index (χ2v) is 6.51. The van der Waals surface area contributed by atoms with E-state index in [0.717, 1.165) is 0 Å². The Labute approximate surface area is 160 Å². The van der Waals surface area contributed by atoms with Crippen LogP contribution in [0.15, 0.2) is 48.5 Å². The van der Waals surface area contributed by atoms with E-state index >= 15 is 0 Å². The molecule has 0 radical (unpaired) electrons. The molecule has 1 heterocycles. The second-order valence-electron chi connectivity index (χ2n) is 6.07. The Balaban J connectivity index is 1.72. The summed E-state index contributed by atoms with van der Waals surface area (Å²) in [6.45, 7) is 0.607. The molecule has 0 aliphatic carbocycles. The zero-order chi connectivity index (χ0) is 19.4. The first-order chi connectivity index (χ1) is 12.9. The molecule has 6 nitrogen and oxygen atoms in total. The minimum absolute atomic E-state index is 0.206. The number of nitrogens with zero attached hydrogens (tertiary/aromatic N) is 1. The Hall–Kier alpha value is -2.93. The van der Waals surface area contributed by atoms with Crippen molar-refractivity contribution in [2.75, 3.05) is 18.4 Å². The largest absolute Gasteiger partial charge is 0.353 e. The third-order valence-corrected chi connectivity index (χ3v) is 4.44. The van der Waals surface area contributed by atoms with Crippen molar-refractivity contribution in [1.29, 1.82) is 0 Å². The van der Waals surface area contributed by atoms with Crippen LogP contribution in [0.2, 0.25) is 5.02 Å². The first-order valence-corrected chi connectivity index (χ1v) is 8.71. The summed E-state index contributed by atoms with van der Waals surface area (Å²) in [5, 5.41) is 5.77. The third-order valence-electron chi connectivity index (χ3n) is 4.19. The van der Waals surface area contributed by atoms with Crippen molar-refractivity contribution in [3.05, 3.63) is 64.9 Å². The van der Waals surface area contributed by atoms with Gasteiger partial charge in [0.25, 0.3) is 5.91 Å². The van der Waals surface area contributed by atoms with E-state index < -0.39 is 23.7 Å². The van der Waals surface area contributed by atoms with E-state index in [1.165, 1.54) is 29.2 Å². The van der Waals surface area contributed by atoms with Crippen LogP contribution in [-0.4, -0.2) is 41.8 Å². The number of benzene rings is 2. The molecule has 1 aliphatic heterocycles. The van der Waals surface area contributed by atoms with Gasteiger partial charge in [-0.05, 0) is 48.5 Å². The van der Waals surface area contributed by atoms with Crippen LogP contribution in [0.4, 0.5) is 10.1 Å². The molecule has 2 N–H and O–H groups in total. The van der Waals surface area contributed by atoms with Gasteiger partial charge in [-0.2, -0.15) is 0 Å². The topological polar surface area (TPSA) is 78.5 Å². The van der Waals surface area contributed by atoms with E-state index in [2.05, 4.69) is 10.6 Å². The summed E-state index contributed by atoms with van der Waals surface area (Å²) in [4.78, 5) is 38.7. The standard InChI is InChI=1S/C19H17ClFN3O3/c20-13-3-1-12(2-4-13)19(27)24-10-9-22-18(26)16(24)11-17(25)23-15-7-5-14(21)6-8-15/h1-8,16H,9-11H2,(H,22,26)(H,23,25)/t16-/m0/s1. The molecule has 0 bridgehead atoms. The minimum Gasteiger partial charge on any atom is -0.353 e. The van der Waals surface area contributed by atoms with E-state index in [-0.39, 0.29) is 12.3 Å². The number of nitrogens with one attached hydrogen (secondary N) is 2. The number of rotatable bonds is 4. The number of halogens is 2. The van der Waals surface area contributed by atoms with Crippen molar-refractivity contribution in [2.45, 2.75) is 12.5 Å². The van der Waals surface area contributed by atoms with Gasteiger partial charge in [0.2, 0.25) is 11.8 Å². The quantitative estimate of drug-likeness (QED) is 0.843. The number of anilines is 1. The fourth-order valence-corrected chi connectivity index (χ4v) is 2.97. The molecule has 2 aromatic carbocycles. The fourth-order valence-electron chi connectivity index (χ4n) is 2.84. The minimum atomic E-state index is -0.928. The number of carbonyl (C=O) groups excluding carboxylic acids is 3. The van der Waals surface area contributed by atoms with Crippen molar-refractivity contribution in [3.8, 4) is 0 Å². The summed E-state index contributed by atoms with van der Waals surface area (Å²) in [5.74, 6) is -1.60. The molecule has 27 heavy (non-hydrogen) atoms. The highest BCUT2D eigenvalue weighted by molar-refractivity contribution is 6.30. The fraction of sp³-hybridized carbons (Fsp3) is 0.211. The smallest absolute Gasteiger partial charge is 0.254 e. The number of hydrogen-bond donors (Lipinski definition) is 2. The second kappa shape index (κ2) is 8.18. The summed E-state index contributed by atoms with van der Waals surface area (Å²) in [6, 6.07) is 10.7. The van der Waals surface area contributed by atoms with Gasteiger partial charge in [0.1, 0.15) is 11.9 Å². The van der Waals surface area contributed by atoms with Gasteiger partial charge in [-0.3, -0.25) is 14.4 Å². The number of amides is 3. The van der Waals surface area contributed by atoms with Crippen LogP contribution >= 0.6 is 11.6 Å². The van der Waals surface area contributed by atoms with Crippen LogP contribution in [0.3, 0.4) is 0 Å². The molecule has 1 aliphatic rings. The van der Waals surface area contributed by atoms with Crippen LogP contribution in [0.25, 0.3) is 0 Å². The lowest BCUT2D eigenvalue weighted by Crippen LogP contribution is -2.58. The molecule has 3 rings (SSSR count). The first-order valence-electron chi connectivity index (χ1n) is 8.34. The average Bonchev–Trinajstić information content (AvgIpc) is 2.65. The summed E-state index contributed by atoms with van der Waals surface area (Å²) in [7, 11) is 0. The van der Waals surface area contributed by atoms with Crippen molar-refractivity contribution in [3.63, 3.8) is 0 Å². The van der Waals surface area contributed by atoms with Gasteiger partial charge in [0.15, 0.2) is 0 Å². The summed E-state index contributed by atoms with van der Waals surface area (Å²) in [5.41, 5.74) is 0.797. The first kappa shape index (κ1) is 18.8. The Morgan fingerprint density at radius 1 is 1.15 bits per heavy atom. The highest BCUT2D eigenvalue weighted by Crippen LogP contribution is 2.17. The number of hydrogen-bond acceptors (Lipinski definition) is 3. The highest BCUT2D eigenvalue weighted by atomic mass is 35.5. The van der Waals surface area contributed by atoms with Crippen molar-refractivity contribution >= 4 is 35.0 Å². The molecular weight excluding hydrogens is 373 g/mol. The van der Waals surface area contributed by atoms with E-state index in [9.17, 15) is 18.8 Å². The Kier molecular flexibility index (Phi) is 5.71. The third kappa shape index (κ3) is 4.62. The zero-order valence-electron chi connectivity index (χ0n) is 14.2. The molecule has 140 valence electrons. The molecule has 0 spiro atoms. The Bertz CT molecular complexity index is 856. The van der Waals surface area contributed by atoms with Gasteiger partial charge in [-0.15, -0.1) is 0 Å². The molecule has 1 saturated heterocycles. The van der Waals surface area contributed by atoms with Gasteiger partial charge in [-0.1, -0.05) is 11.6 Å². The van der Waals surface area contributed by atoms with Gasteiger partial charge in [0, 0.05) is 29.4 Å². The van der Waals surface area contributed by atoms with Gasteiger partial charge in [-0.25, -0.2) is 4.39 Å². The number of carbonyl (C=O) groups is 3. The lowest BCUT2D eigenvalue weighted by Gasteiger charge is -2.34. The lowest BCUT2D eigenvalue weighted by atomic mass is 10.1. The van der Waals surface area contributed by atoms with E-state index in [1.807, 2.05) is 0 Å². The average molecular weight is 390 g/mol. The van der Waals surface area contributed by atoms with Crippen LogP contribution in [-0.2, 0) is 9.59 Å². The van der Waals surface area contributed by atoms with Gasteiger partial charge < -0.3 is 15.5 Å². The Morgan fingerprint density at radius 3 is 2.48 bits per heavy atom. The molecular formula is C19H17ClFN3O3. The van der Waals surface area contributed by atoms with Crippen LogP contribution in [0, 0.1) is 5.82 Å². The zero-order valence-corrected chi connectivity index (χ0v) is 15.0. The SMILES string of the molecule is O=C(C[C@H]1C(=O)NCCN1C(=O)c1ccc(Cl)cc1)Nc1ccc(F)cc1. The van der Waals surface area contributed by atoms with Crippen LogP contribution < -0.4 is 10.6 Å². The predicted octanol–water partition coefficient (Wildman–Crippen LogP) is 2.45. The molecule has 2 aromatic rings. The van der Waals surface area contributed by atoms with E-state index in [1.54, 1.807) is 24.3 Å². The molecule has 1 atom stereocenters. The van der Waals surface area contributed by atoms with Crippen LogP contribution in [0.1, 0.15) is 16.8 Å². The summed E-state index contributed by atoms with van der Waals surface area (Å²) < 4.78 is 13.0. The molecule has 3 amide bonds. The van der Waals surface area contributed by atoms with Gasteiger partial charge >= 0.3 is 0 Å². The van der Waals surface area contributed by atoms with E-state index in [4.69, 9.17) is 11.6 Å². The normalized spacial score (nSPS) is 16.6. The molecule has 0 unspecified atom stereocenters. The lowest BCUT2D eigenvalue weighted by molar-refractivity contribution is -0.131. The molecule has 1 fully saturated rings. The van der Waals surface area contributed by atoms with Gasteiger partial charge in [0.05, 0.1) is 6.42 Å². The Morgan fingerprint density at radius 2 is 1.81 bits per heavy atom. The maximum Gasteiger partial charge on any atom is 0.254 e. The monoisotopic (exact) mass is 389 g/mol. The molecule has 8 heteroatoms. The molecule has 0 aromatic heterocycles. The van der Waals surface area contributed by atoms with E-state index in [0.29, 0.717) is 29.4 Å². The maximum atomic E-state index is 13.0. The summed E-state index contributed by atoms with van der Waals surface area (Å²) >= 11 is 5.84. The predicted molar refractivity (Wildman–Crippen MR) is 98.9 cm³/mol. The van der Waals surface area contributed by atoms with Crippen molar-refractivity contribution in [2.24, 2.45) is 0 Å². The maximum absolute atomic E-state index is 13.0. The van der Waals surface area contributed by atoms with Crippen LogP contribution in [0.5, 0.6) is 0 Å². The highest BCUT2D eigenvalue weighted by Gasteiger charge is 2.35. The summed E-state index contributed by atoms with van der Waals surface area (Å²) in [6.07, 6.45) is -0.206.